The van der Waals surface area contributed by atoms with E-state index in [9.17, 15) is 18.0 Å². The Labute approximate surface area is 229 Å². The highest BCUT2D eigenvalue weighted by molar-refractivity contribution is 6.36. The van der Waals surface area contributed by atoms with Gasteiger partial charge in [0, 0.05) is 33.1 Å². The van der Waals surface area contributed by atoms with E-state index >= 15 is 0 Å². The van der Waals surface area contributed by atoms with E-state index in [1.54, 1.807) is 14.1 Å². The van der Waals surface area contributed by atoms with E-state index in [1.807, 2.05) is 0 Å². The normalized spacial score (nSPS) is 15.9. The zero-order valence-corrected chi connectivity index (χ0v) is 21.9. The van der Waals surface area contributed by atoms with Crippen LogP contribution < -0.4 is 26.7 Å². The number of rotatable bonds is 7. The van der Waals surface area contributed by atoms with Gasteiger partial charge in [-0.3, -0.25) is 4.79 Å². The standard InChI is InChI=1S/C24H23ClF3N9O3/c1-30-18-9-31-15(7-32-18)16(6-29)40-17-8-33-21-20(19(17)25)36(2)23(35-21)34-14-5-12(24(26,27)28)10-37(22(14)38)13-3-4-39-11-13/h5-10,13H,3-4,11,29H2,1-2H3,(H,30,32)(H,33,34,35). The van der Waals surface area contributed by atoms with Crippen molar-refractivity contribution in [2.45, 2.75) is 18.6 Å². The molecule has 0 aliphatic carbocycles. The minimum absolute atomic E-state index is 0.0373. The van der Waals surface area contributed by atoms with Crippen molar-refractivity contribution in [2.75, 3.05) is 30.9 Å². The van der Waals surface area contributed by atoms with E-state index in [0.717, 1.165) is 16.8 Å². The lowest BCUT2D eigenvalue weighted by Crippen LogP contribution is -2.28. The SMILES string of the molecule is CNc1cnc(C(=CN)Oc2cnc3nc(Nc4cc(C(F)(F)F)cn(C5CCOC5)c4=O)n(C)c3c2Cl)cn1. The Bertz CT molecular complexity index is 1650. The monoisotopic (exact) mass is 577 g/mol. The van der Waals surface area contributed by atoms with Crippen molar-refractivity contribution in [3.8, 4) is 5.75 Å². The molecular formula is C24H23ClF3N9O3. The van der Waals surface area contributed by atoms with Crippen LogP contribution in [0, 0.1) is 0 Å². The van der Waals surface area contributed by atoms with E-state index in [4.69, 9.17) is 26.8 Å². The number of aromatic nitrogens is 6. The first-order chi connectivity index (χ1) is 19.1. The molecular weight excluding hydrogens is 555 g/mol. The number of nitrogens with one attached hydrogen (secondary N) is 2. The lowest BCUT2D eigenvalue weighted by molar-refractivity contribution is -0.138. The van der Waals surface area contributed by atoms with E-state index in [2.05, 4.69) is 30.6 Å². The van der Waals surface area contributed by atoms with Crippen molar-refractivity contribution < 1.29 is 22.6 Å². The molecule has 0 saturated carbocycles. The first kappa shape index (κ1) is 27.2. The lowest BCUT2D eigenvalue weighted by atomic mass is 10.2. The molecule has 0 aromatic carbocycles. The zero-order valence-electron chi connectivity index (χ0n) is 21.2. The number of halogens is 4. The molecule has 5 rings (SSSR count). The van der Waals surface area contributed by atoms with Crippen molar-refractivity contribution in [3.05, 3.63) is 63.7 Å². The predicted octanol–water partition coefficient (Wildman–Crippen LogP) is 3.68. The van der Waals surface area contributed by atoms with E-state index < -0.39 is 23.3 Å². The van der Waals surface area contributed by atoms with Gasteiger partial charge >= 0.3 is 6.18 Å². The molecule has 0 amide bonds. The molecule has 1 saturated heterocycles. The van der Waals surface area contributed by atoms with Crippen molar-refractivity contribution in [1.29, 1.82) is 0 Å². The highest BCUT2D eigenvalue weighted by atomic mass is 35.5. The van der Waals surface area contributed by atoms with Crippen LogP contribution in [0.1, 0.15) is 23.7 Å². The number of hydrogen-bond donors (Lipinski definition) is 3. The molecule has 0 bridgehead atoms. The zero-order chi connectivity index (χ0) is 28.6. The highest BCUT2D eigenvalue weighted by Crippen LogP contribution is 2.36. The van der Waals surface area contributed by atoms with Gasteiger partial charge in [0.15, 0.2) is 17.2 Å². The molecule has 4 aromatic rings. The molecule has 16 heteroatoms. The lowest BCUT2D eigenvalue weighted by Gasteiger charge is -2.18. The molecule has 12 nitrogen and oxygen atoms in total. The molecule has 40 heavy (non-hydrogen) atoms. The summed E-state index contributed by atoms with van der Waals surface area (Å²) in [6, 6.07) is 0.228. The molecule has 1 aliphatic rings. The van der Waals surface area contributed by atoms with Gasteiger partial charge in [-0.25, -0.2) is 15.0 Å². The Morgan fingerprint density at radius 1 is 1.27 bits per heavy atom. The average molecular weight is 578 g/mol. The van der Waals surface area contributed by atoms with Gasteiger partial charge < -0.3 is 35.0 Å². The number of nitrogens with zero attached hydrogens (tertiary/aromatic N) is 6. The molecule has 1 atom stereocenters. The molecule has 0 radical (unpaired) electrons. The molecule has 5 heterocycles. The highest BCUT2D eigenvalue weighted by Gasteiger charge is 2.34. The summed E-state index contributed by atoms with van der Waals surface area (Å²) in [6.07, 6.45) is 2.00. The third kappa shape index (κ3) is 5.12. The summed E-state index contributed by atoms with van der Waals surface area (Å²) in [5.74, 6) is 0.845. The maximum absolute atomic E-state index is 13.7. The van der Waals surface area contributed by atoms with Crippen LogP contribution in [0.15, 0.2) is 41.8 Å². The fourth-order valence-corrected chi connectivity index (χ4v) is 4.45. The Morgan fingerprint density at radius 2 is 2.08 bits per heavy atom. The number of fused-ring (bicyclic) bond motifs is 1. The van der Waals surface area contributed by atoms with E-state index in [0.29, 0.717) is 30.1 Å². The van der Waals surface area contributed by atoms with Gasteiger partial charge in [0.2, 0.25) is 5.95 Å². The second-order valence-corrected chi connectivity index (χ2v) is 9.15. The van der Waals surface area contributed by atoms with Crippen LogP contribution in [0.4, 0.5) is 30.6 Å². The smallest absolute Gasteiger partial charge is 0.417 e. The maximum Gasteiger partial charge on any atom is 0.417 e. The number of anilines is 3. The molecule has 0 spiro atoms. The second-order valence-electron chi connectivity index (χ2n) is 8.77. The number of alkyl halides is 3. The van der Waals surface area contributed by atoms with Crippen LogP contribution in [-0.2, 0) is 18.0 Å². The molecule has 4 aromatic heterocycles. The molecule has 1 unspecified atom stereocenters. The van der Waals surface area contributed by atoms with Gasteiger partial charge in [0.1, 0.15) is 27.7 Å². The summed E-state index contributed by atoms with van der Waals surface area (Å²) in [7, 11) is 3.26. The molecule has 1 fully saturated rings. The number of imidazole rings is 1. The van der Waals surface area contributed by atoms with Crippen molar-refractivity contribution in [1.82, 2.24) is 29.1 Å². The van der Waals surface area contributed by atoms with E-state index in [-0.39, 0.29) is 40.4 Å². The van der Waals surface area contributed by atoms with Gasteiger partial charge in [-0.2, -0.15) is 18.2 Å². The van der Waals surface area contributed by atoms with Gasteiger partial charge in [0.05, 0.1) is 36.8 Å². The van der Waals surface area contributed by atoms with Crippen LogP contribution in [0.2, 0.25) is 5.02 Å². The van der Waals surface area contributed by atoms with Gasteiger partial charge in [-0.15, -0.1) is 0 Å². The van der Waals surface area contributed by atoms with Crippen molar-refractivity contribution >= 4 is 46.0 Å². The Hall–Kier alpha value is -4.37. The summed E-state index contributed by atoms with van der Waals surface area (Å²) in [5.41, 5.74) is 4.58. The number of pyridine rings is 2. The number of ether oxygens (including phenoxy) is 2. The average Bonchev–Trinajstić information content (AvgIpc) is 3.58. The van der Waals surface area contributed by atoms with Gasteiger partial charge in [-0.05, 0) is 12.5 Å². The Morgan fingerprint density at radius 3 is 2.70 bits per heavy atom. The minimum Gasteiger partial charge on any atom is -0.450 e. The second kappa shape index (κ2) is 10.7. The third-order valence-corrected chi connectivity index (χ3v) is 6.62. The summed E-state index contributed by atoms with van der Waals surface area (Å²) in [5, 5.41) is 5.67. The van der Waals surface area contributed by atoms with Crippen molar-refractivity contribution in [2.24, 2.45) is 12.8 Å². The predicted molar refractivity (Wildman–Crippen MR) is 141 cm³/mol. The summed E-state index contributed by atoms with van der Waals surface area (Å²) < 4.78 is 54.7. The van der Waals surface area contributed by atoms with Gasteiger partial charge in [0.25, 0.3) is 5.56 Å². The van der Waals surface area contributed by atoms with Crippen LogP contribution in [0.3, 0.4) is 0 Å². The Balaban J connectivity index is 1.50. The Kier molecular flexibility index (Phi) is 7.25. The first-order valence-electron chi connectivity index (χ1n) is 11.9. The van der Waals surface area contributed by atoms with Crippen LogP contribution >= 0.6 is 11.6 Å². The summed E-state index contributed by atoms with van der Waals surface area (Å²) >= 11 is 6.63. The minimum atomic E-state index is -4.68. The largest absolute Gasteiger partial charge is 0.450 e. The summed E-state index contributed by atoms with van der Waals surface area (Å²) in [6.45, 7) is 0.490. The van der Waals surface area contributed by atoms with Crippen LogP contribution in [0.25, 0.3) is 16.9 Å². The molecule has 1 aliphatic heterocycles. The first-order valence-corrected chi connectivity index (χ1v) is 12.3. The quantitative estimate of drug-likeness (QED) is 0.278. The topological polar surface area (TPSA) is 147 Å². The van der Waals surface area contributed by atoms with E-state index in [1.165, 1.54) is 29.4 Å². The molecule has 4 N–H and O–H groups in total. The van der Waals surface area contributed by atoms with Crippen LogP contribution in [0.5, 0.6) is 5.75 Å². The van der Waals surface area contributed by atoms with Crippen LogP contribution in [-0.4, -0.2) is 49.3 Å². The maximum atomic E-state index is 13.7. The molecule has 210 valence electrons. The fourth-order valence-electron chi connectivity index (χ4n) is 4.15. The summed E-state index contributed by atoms with van der Waals surface area (Å²) in [4.78, 5) is 30.2. The number of aryl methyl sites for hydroxylation is 1. The fraction of sp³-hybridized carbons (Fsp3) is 0.292. The number of hydrogen-bond acceptors (Lipinski definition) is 10. The van der Waals surface area contributed by atoms with Crippen molar-refractivity contribution in [3.63, 3.8) is 0 Å². The van der Waals surface area contributed by atoms with Gasteiger partial charge in [-0.1, -0.05) is 11.6 Å². The number of nitrogens with two attached hydrogens (primary N) is 1. The third-order valence-electron chi connectivity index (χ3n) is 6.25.